The minimum Gasteiger partial charge on any atom is -0.383 e. The van der Waals surface area contributed by atoms with Gasteiger partial charge in [0, 0.05) is 42.0 Å². The Kier molecular flexibility index (Phi) is 4.27. The van der Waals surface area contributed by atoms with E-state index in [0.29, 0.717) is 24.1 Å². The van der Waals surface area contributed by atoms with Gasteiger partial charge in [0.2, 0.25) is 5.91 Å². The first kappa shape index (κ1) is 17.1. The molecule has 0 aliphatic heterocycles. The maximum Gasteiger partial charge on any atom is 0.228 e. The zero-order chi connectivity index (χ0) is 19.0. The van der Waals surface area contributed by atoms with Crippen LogP contribution < -0.4 is 11.1 Å². The highest BCUT2D eigenvalue weighted by atomic mass is 16.2. The van der Waals surface area contributed by atoms with Crippen molar-refractivity contribution in [3.63, 3.8) is 0 Å². The Balaban J connectivity index is 1.64. The third-order valence-corrected chi connectivity index (χ3v) is 4.93. The summed E-state index contributed by atoms with van der Waals surface area (Å²) in [7, 11) is 0. The quantitative estimate of drug-likeness (QED) is 0.681. The monoisotopic (exact) mass is 360 g/mol. The van der Waals surface area contributed by atoms with Gasteiger partial charge in [-0.3, -0.25) is 9.78 Å². The molecule has 7 nitrogen and oxygen atoms in total. The molecule has 3 aromatic rings. The molecular weight excluding hydrogens is 340 g/mol. The van der Waals surface area contributed by atoms with Crippen molar-refractivity contribution in [2.45, 2.75) is 13.3 Å². The highest BCUT2D eigenvalue weighted by Gasteiger charge is 2.42. The number of aromatic nitrogens is 3. The SMILES string of the molecule is C=NC[C@H]1C[C@@H]1C(=O)Nc1cc2cc(-c3cnccc3C)nc(N)c2cn1. The van der Waals surface area contributed by atoms with Gasteiger partial charge in [-0.05, 0) is 55.1 Å². The highest BCUT2D eigenvalue weighted by molar-refractivity contribution is 5.98. The molecule has 3 aromatic heterocycles. The zero-order valence-corrected chi connectivity index (χ0v) is 15.0. The number of aryl methyl sites for hydroxylation is 1. The van der Waals surface area contributed by atoms with Crippen molar-refractivity contribution in [2.24, 2.45) is 16.8 Å². The maximum absolute atomic E-state index is 12.3. The van der Waals surface area contributed by atoms with Crippen molar-refractivity contribution in [3.05, 3.63) is 42.4 Å². The average Bonchev–Trinajstić information content (AvgIpc) is 3.41. The topological polar surface area (TPSA) is 106 Å². The van der Waals surface area contributed by atoms with Gasteiger partial charge >= 0.3 is 0 Å². The lowest BCUT2D eigenvalue weighted by molar-refractivity contribution is -0.117. The predicted octanol–water partition coefficient (Wildman–Crippen LogP) is 2.86. The molecule has 1 amide bonds. The van der Waals surface area contributed by atoms with Crippen molar-refractivity contribution in [1.29, 1.82) is 0 Å². The fourth-order valence-corrected chi connectivity index (χ4v) is 3.27. The Hall–Kier alpha value is -3.35. The van der Waals surface area contributed by atoms with Gasteiger partial charge in [0.25, 0.3) is 0 Å². The standard InChI is InChI=1S/C20H20N6O/c1-11-3-4-23-9-15(11)17-6-12-7-18(24-10-16(12)19(21)25-17)26-20(27)14-5-13(14)8-22-2/h3-4,6-7,9-10,13-14H,2,5,8H2,1H3,(H2,21,25)(H,24,26,27)/t13-,14+/m1/s1. The summed E-state index contributed by atoms with van der Waals surface area (Å²) in [6.45, 7) is 6.11. The van der Waals surface area contributed by atoms with Gasteiger partial charge in [0.05, 0.1) is 5.69 Å². The number of carbonyl (C=O) groups excluding carboxylic acids is 1. The van der Waals surface area contributed by atoms with Crippen LogP contribution in [-0.2, 0) is 4.79 Å². The molecule has 0 bridgehead atoms. The van der Waals surface area contributed by atoms with E-state index in [-0.39, 0.29) is 11.8 Å². The van der Waals surface area contributed by atoms with E-state index in [1.54, 1.807) is 18.6 Å². The molecule has 0 saturated heterocycles. The van der Waals surface area contributed by atoms with E-state index in [0.717, 1.165) is 34.0 Å². The van der Waals surface area contributed by atoms with E-state index in [9.17, 15) is 4.79 Å². The number of carbonyl (C=O) groups is 1. The fraction of sp³-hybridized carbons (Fsp3) is 0.250. The Bertz CT molecular complexity index is 1050. The molecule has 0 unspecified atom stereocenters. The van der Waals surface area contributed by atoms with Crippen LogP contribution in [0, 0.1) is 18.8 Å². The number of anilines is 2. The highest BCUT2D eigenvalue weighted by Crippen LogP contribution is 2.39. The van der Waals surface area contributed by atoms with Crippen molar-refractivity contribution in [3.8, 4) is 11.3 Å². The molecule has 0 radical (unpaired) electrons. The van der Waals surface area contributed by atoms with Crippen LogP contribution in [0.15, 0.2) is 41.8 Å². The van der Waals surface area contributed by atoms with Gasteiger partial charge in [0.1, 0.15) is 11.6 Å². The molecule has 2 atom stereocenters. The van der Waals surface area contributed by atoms with Crippen LogP contribution in [0.25, 0.3) is 22.0 Å². The van der Waals surface area contributed by atoms with Gasteiger partial charge in [-0.15, -0.1) is 0 Å². The van der Waals surface area contributed by atoms with E-state index in [1.807, 2.05) is 25.1 Å². The van der Waals surface area contributed by atoms with Gasteiger partial charge in [-0.1, -0.05) is 0 Å². The van der Waals surface area contributed by atoms with Gasteiger partial charge in [0.15, 0.2) is 0 Å². The minimum atomic E-state index is -0.0270. The average molecular weight is 360 g/mol. The van der Waals surface area contributed by atoms with Crippen LogP contribution in [0.1, 0.15) is 12.0 Å². The summed E-state index contributed by atoms with van der Waals surface area (Å²) < 4.78 is 0. The lowest BCUT2D eigenvalue weighted by Gasteiger charge is -2.10. The molecule has 7 heteroatoms. The Morgan fingerprint density at radius 2 is 2.26 bits per heavy atom. The first-order valence-corrected chi connectivity index (χ1v) is 8.77. The lowest BCUT2D eigenvalue weighted by atomic mass is 10.1. The van der Waals surface area contributed by atoms with Crippen molar-refractivity contribution in [2.75, 3.05) is 17.6 Å². The normalized spacial score (nSPS) is 18.3. The fourth-order valence-electron chi connectivity index (χ4n) is 3.27. The molecule has 1 aliphatic carbocycles. The number of pyridine rings is 3. The van der Waals surface area contributed by atoms with E-state index in [2.05, 4.69) is 32.0 Å². The summed E-state index contributed by atoms with van der Waals surface area (Å²) >= 11 is 0. The molecule has 1 aliphatic rings. The number of fused-ring (bicyclic) bond motifs is 1. The summed E-state index contributed by atoms with van der Waals surface area (Å²) in [4.78, 5) is 29.2. The van der Waals surface area contributed by atoms with Crippen LogP contribution >= 0.6 is 0 Å². The molecule has 1 fully saturated rings. The van der Waals surface area contributed by atoms with E-state index >= 15 is 0 Å². The maximum atomic E-state index is 12.3. The number of nitrogens with two attached hydrogens (primary N) is 1. The number of hydrogen-bond acceptors (Lipinski definition) is 6. The second kappa shape index (κ2) is 6.75. The first-order chi connectivity index (χ1) is 13.1. The molecule has 4 rings (SSSR count). The molecule has 0 aromatic carbocycles. The summed E-state index contributed by atoms with van der Waals surface area (Å²) in [5.41, 5.74) is 8.86. The Morgan fingerprint density at radius 3 is 3.04 bits per heavy atom. The van der Waals surface area contributed by atoms with Gasteiger partial charge in [-0.2, -0.15) is 0 Å². The predicted molar refractivity (Wildman–Crippen MR) is 107 cm³/mol. The number of aliphatic imine (C=N–C) groups is 1. The summed E-state index contributed by atoms with van der Waals surface area (Å²) in [6.07, 6.45) is 6.00. The zero-order valence-electron chi connectivity index (χ0n) is 15.0. The van der Waals surface area contributed by atoms with Crippen molar-refractivity contribution in [1.82, 2.24) is 15.0 Å². The smallest absolute Gasteiger partial charge is 0.228 e. The Morgan fingerprint density at radius 1 is 1.41 bits per heavy atom. The number of nitrogens with zero attached hydrogens (tertiary/aromatic N) is 4. The van der Waals surface area contributed by atoms with Gasteiger partial charge in [-0.25, -0.2) is 9.97 Å². The lowest BCUT2D eigenvalue weighted by Crippen LogP contribution is -2.16. The third kappa shape index (κ3) is 3.36. The van der Waals surface area contributed by atoms with E-state index in [1.165, 1.54) is 0 Å². The number of hydrogen-bond donors (Lipinski definition) is 2. The van der Waals surface area contributed by atoms with Crippen molar-refractivity contribution < 1.29 is 4.79 Å². The molecule has 1 saturated carbocycles. The summed E-state index contributed by atoms with van der Waals surface area (Å²) in [6, 6.07) is 5.69. The van der Waals surface area contributed by atoms with Gasteiger partial charge < -0.3 is 16.0 Å². The van der Waals surface area contributed by atoms with Crippen LogP contribution in [0.4, 0.5) is 11.6 Å². The van der Waals surface area contributed by atoms with Crippen LogP contribution in [0.2, 0.25) is 0 Å². The number of amides is 1. The number of rotatable bonds is 5. The Labute approximate surface area is 156 Å². The largest absolute Gasteiger partial charge is 0.383 e. The first-order valence-electron chi connectivity index (χ1n) is 8.77. The third-order valence-electron chi connectivity index (χ3n) is 4.93. The molecule has 0 spiro atoms. The molecule has 3 N–H and O–H groups in total. The van der Waals surface area contributed by atoms with Crippen LogP contribution in [0.5, 0.6) is 0 Å². The number of nitrogens with one attached hydrogen (secondary N) is 1. The van der Waals surface area contributed by atoms with Crippen LogP contribution in [0.3, 0.4) is 0 Å². The van der Waals surface area contributed by atoms with Crippen molar-refractivity contribution >= 4 is 35.0 Å². The second-order valence-electron chi connectivity index (χ2n) is 6.87. The minimum absolute atomic E-state index is 0.0101. The number of nitrogen functional groups attached to an aromatic ring is 1. The summed E-state index contributed by atoms with van der Waals surface area (Å²) in [5.74, 6) is 1.16. The molecule has 3 heterocycles. The van der Waals surface area contributed by atoms with Crippen LogP contribution in [-0.4, -0.2) is 34.1 Å². The molecule has 27 heavy (non-hydrogen) atoms. The molecule has 136 valence electrons. The summed E-state index contributed by atoms with van der Waals surface area (Å²) in [5, 5.41) is 4.50. The van der Waals surface area contributed by atoms with E-state index in [4.69, 9.17) is 5.73 Å². The second-order valence-corrected chi connectivity index (χ2v) is 6.87. The molecular formula is C20H20N6O. The van der Waals surface area contributed by atoms with E-state index < -0.39 is 0 Å².